The van der Waals surface area contributed by atoms with Gasteiger partial charge in [-0.15, -0.1) is 0 Å². The largest absolute Gasteiger partial charge is 0.467 e. The van der Waals surface area contributed by atoms with Crippen LogP contribution in [0.2, 0.25) is 0 Å². The van der Waals surface area contributed by atoms with Crippen molar-refractivity contribution in [2.45, 2.75) is 12.7 Å². The van der Waals surface area contributed by atoms with Crippen LogP contribution in [-0.4, -0.2) is 24.4 Å². The second kappa shape index (κ2) is 4.92. The smallest absolute Gasteiger partial charge is 0.129 e. The maximum atomic E-state index is 9.01. The fraction of sp³-hybridized carbons (Fsp3) is 0.500. The summed E-state index contributed by atoms with van der Waals surface area (Å²) in [5.41, 5.74) is 5.18. The summed E-state index contributed by atoms with van der Waals surface area (Å²) < 4.78 is 10.1. The molecule has 0 saturated carbocycles. The predicted molar refractivity (Wildman–Crippen MR) is 43.4 cm³/mol. The SMILES string of the molecule is NC[C@@H](O)COCc1ccco1. The van der Waals surface area contributed by atoms with Crippen LogP contribution in [0.3, 0.4) is 0 Å². The molecule has 0 aliphatic rings. The Balaban J connectivity index is 2.11. The maximum absolute atomic E-state index is 9.01. The van der Waals surface area contributed by atoms with Gasteiger partial charge < -0.3 is 20.0 Å². The second-order valence-electron chi connectivity index (χ2n) is 2.48. The predicted octanol–water partition coefficient (Wildman–Crippen LogP) is 0.116. The van der Waals surface area contributed by atoms with Crippen LogP contribution in [-0.2, 0) is 11.3 Å². The highest BCUT2D eigenvalue weighted by Gasteiger charge is 2.01. The van der Waals surface area contributed by atoms with Crippen molar-refractivity contribution in [2.24, 2.45) is 5.73 Å². The topological polar surface area (TPSA) is 68.6 Å². The highest BCUT2D eigenvalue weighted by molar-refractivity contribution is 4.95. The summed E-state index contributed by atoms with van der Waals surface area (Å²) in [6.07, 6.45) is 0.998. The molecule has 0 spiro atoms. The van der Waals surface area contributed by atoms with Crippen LogP contribution in [0.5, 0.6) is 0 Å². The molecule has 0 aromatic carbocycles. The maximum Gasteiger partial charge on any atom is 0.129 e. The Kier molecular flexibility index (Phi) is 3.79. The highest BCUT2D eigenvalue weighted by atomic mass is 16.5. The number of nitrogens with two attached hydrogens (primary N) is 1. The van der Waals surface area contributed by atoms with E-state index in [0.717, 1.165) is 5.76 Å². The van der Waals surface area contributed by atoms with Crippen LogP contribution in [0.1, 0.15) is 5.76 Å². The number of furan rings is 1. The van der Waals surface area contributed by atoms with Crippen LogP contribution in [0.15, 0.2) is 22.8 Å². The first kappa shape index (κ1) is 9.25. The van der Waals surface area contributed by atoms with E-state index in [2.05, 4.69) is 0 Å². The summed E-state index contributed by atoms with van der Waals surface area (Å²) in [5, 5.41) is 9.01. The van der Waals surface area contributed by atoms with E-state index < -0.39 is 6.10 Å². The molecule has 0 radical (unpaired) electrons. The summed E-state index contributed by atoms with van der Waals surface area (Å²) in [4.78, 5) is 0. The van der Waals surface area contributed by atoms with E-state index in [1.807, 2.05) is 6.07 Å². The second-order valence-corrected chi connectivity index (χ2v) is 2.48. The van der Waals surface area contributed by atoms with Gasteiger partial charge in [-0.05, 0) is 12.1 Å². The third-order valence-electron chi connectivity index (χ3n) is 1.41. The molecule has 3 N–H and O–H groups in total. The van der Waals surface area contributed by atoms with E-state index in [-0.39, 0.29) is 13.2 Å². The molecule has 0 fully saturated rings. The zero-order valence-electron chi connectivity index (χ0n) is 6.77. The molecule has 0 bridgehead atoms. The first-order valence-corrected chi connectivity index (χ1v) is 3.81. The summed E-state index contributed by atoms with van der Waals surface area (Å²) >= 11 is 0. The lowest BCUT2D eigenvalue weighted by molar-refractivity contribution is 0.0264. The van der Waals surface area contributed by atoms with Gasteiger partial charge in [-0.25, -0.2) is 0 Å². The van der Waals surface area contributed by atoms with Gasteiger partial charge in [0.05, 0.1) is 19.0 Å². The number of hydrogen-bond donors (Lipinski definition) is 2. The van der Waals surface area contributed by atoms with Crippen LogP contribution >= 0.6 is 0 Å². The zero-order chi connectivity index (χ0) is 8.81. The average Bonchev–Trinajstić information content (AvgIpc) is 2.57. The molecule has 1 rings (SSSR count). The van der Waals surface area contributed by atoms with Crippen LogP contribution in [0.4, 0.5) is 0 Å². The molecule has 1 aromatic rings. The number of ether oxygens (including phenoxy) is 1. The monoisotopic (exact) mass is 171 g/mol. The Morgan fingerprint density at radius 3 is 3.08 bits per heavy atom. The van der Waals surface area contributed by atoms with Crippen LogP contribution in [0.25, 0.3) is 0 Å². The van der Waals surface area contributed by atoms with Gasteiger partial charge >= 0.3 is 0 Å². The number of rotatable bonds is 5. The van der Waals surface area contributed by atoms with E-state index in [9.17, 15) is 0 Å². The van der Waals surface area contributed by atoms with E-state index in [4.69, 9.17) is 20.0 Å². The van der Waals surface area contributed by atoms with E-state index in [1.165, 1.54) is 0 Å². The van der Waals surface area contributed by atoms with E-state index in [0.29, 0.717) is 6.61 Å². The summed E-state index contributed by atoms with van der Waals surface area (Å²) in [5.74, 6) is 0.749. The Morgan fingerprint density at radius 1 is 1.67 bits per heavy atom. The van der Waals surface area contributed by atoms with Crippen molar-refractivity contribution in [1.29, 1.82) is 0 Å². The van der Waals surface area contributed by atoms with Crippen LogP contribution < -0.4 is 5.73 Å². The van der Waals surface area contributed by atoms with Crippen molar-refractivity contribution in [2.75, 3.05) is 13.2 Å². The molecular weight excluding hydrogens is 158 g/mol. The van der Waals surface area contributed by atoms with Gasteiger partial charge in [-0.1, -0.05) is 0 Å². The minimum atomic E-state index is -0.583. The normalized spacial score (nSPS) is 13.2. The van der Waals surface area contributed by atoms with Gasteiger partial charge in [0.1, 0.15) is 12.4 Å². The number of aliphatic hydroxyl groups excluding tert-OH is 1. The Bertz CT molecular complexity index is 198. The minimum absolute atomic E-state index is 0.220. The van der Waals surface area contributed by atoms with Crippen molar-refractivity contribution in [1.82, 2.24) is 0 Å². The van der Waals surface area contributed by atoms with Crippen molar-refractivity contribution < 1.29 is 14.3 Å². The molecule has 0 amide bonds. The molecule has 0 aliphatic heterocycles. The molecule has 4 nitrogen and oxygen atoms in total. The van der Waals surface area contributed by atoms with E-state index >= 15 is 0 Å². The molecule has 68 valence electrons. The average molecular weight is 171 g/mol. The van der Waals surface area contributed by atoms with Crippen molar-refractivity contribution in [3.63, 3.8) is 0 Å². The first-order valence-electron chi connectivity index (χ1n) is 3.81. The Hall–Kier alpha value is -0.840. The molecule has 0 unspecified atom stereocenters. The lowest BCUT2D eigenvalue weighted by Crippen LogP contribution is -2.24. The fourth-order valence-electron chi connectivity index (χ4n) is 0.758. The van der Waals surface area contributed by atoms with Crippen molar-refractivity contribution in [3.8, 4) is 0 Å². The summed E-state index contributed by atoms with van der Waals surface area (Å²) in [6.45, 7) is 0.847. The Morgan fingerprint density at radius 2 is 2.50 bits per heavy atom. The van der Waals surface area contributed by atoms with Crippen molar-refractivity contribution >= 4 is 0 Å². The molecule has 12 heavy (non-hydrogen) atoms. The molecule has 1 aromatic heterocycles. The molecular formula is C8H13NO3. The summed E-state index contributed by atoms with van der Waals surface area (Å²) in [6, 6.07) is 3.60. The zero-order valence-corrected chi connectivity index (χ0v) is 6.77. The van der Waals surface area contributed by atoms with Gasteiger partial charge in [0.2, 0.25) is 0 Å². The van der Waals surface area contributed by atoms with Gasteiger partial charge in [-0.3, -0.25) is 0 Å². The van der Waals surface area contributed by atoms with Gasteiger partial charge in [0.25, 0.3) is 0 Å². The van der Waals surface area contributed by atoms with Gasteiger partial charge in [-0.2, -0.15) is 0 Å². The minimum Gasteiger partial charge on any atom is -0.467 e. The third-order valence-corrected chi connectivity index (χ3v) is 1.41. The first-order chi connectivity index (χ1) is 5.83. The number of aliphatic hydroxyl groups is 1. The molecule has 4 heteroatoms. The molecule has 0 saturated heterocycles. The quantitative estimate of drug-likeness (QED) is 0.660. The highest BCUT2D eigenvalue weighted by Crippen LogP contribution is 2.01. The van der Waals surface area contributed by atoms with E-state index in [1.54, 1.807) is 12.3 Å². The lowest BCUT2D eigenvalue weighted by Gasteiger charge is -2.06. The van der Waals surface area contributed by atoms with Gasteiger partial charge in [0.15, 0.2) is 0 Å². The van der Waals surface area contributed by atoms with Crippen molar-refractivity contribution in [3.05, 3.63) is 24.2 Å². The molecule has 0 aliphatic carbocycles. The lowest BCUT2D eigenvalue weighted by atomic mass is 10.4. The standard InChI is InChI=1S/C8H13NO3/c9-4-7(10)5-11-6-8-2-1-3-12-8/h1-3,7,10H,4-6,9H2/t7-/m1/s1. The fourth-order valence-corrected chi connectivity index (χ4v) is 0.758. The number of hydrogen-bond acceptors (Lipinski definition) is 4. The molecule has 1 atom stereocenters. The van der Waals surface area contributed by atoms with Crippen LogP contribution in [0, 0.1) is 0 Å². The third kappa shape index (κ3) is 3.04. The Labute approximate surface area is 70.9 Å². The summed E-state index contributed by atoms with van der Waals surface area (Å²) in [7, 11) is 0. The van der Waals surface area contributed by atoms with Gasteiger partial charge in [0, 0.05) is 6.54 Å². The molecule has 1 heterocycles.